The van der Waals surface area contributed by atoms with Crippen LogP contribution in [-0.4, -0.2) is 18.8 Å². The Hall–Kier alpha value is -0.540. The molecule has 0 saturated heterocycles. The van der Waals surface area contributed by atoms with Crippen LogP contribution in [0.5, 0.6) is 0 Å². The van der Waals surface area contributed by atoms with E-state index in [0.717, 1.165) is 15.7 Å². The molecule has 0 aromatic heterocycles. The fourth-order valence-corrected chi connectivity index (χ4v) is 1.70. The first-order valence-electron chi connectivity index (χ1n) is 4.15. The Kier molecular flexibility index (Phi) is 3.96. The molecular weight excluding hydrogens is 265 g/mol. The van der Waals surface area contributed by atoms with Gasteiger partial charge in [0.25, 0.3) is 0 Å². The topological polar surface area (TPSA) is 20.3 Å². The summed E-state index contributed by atoms with van der Waals surface area (Å²) in [6.45, 7) is 1.96. The zero-order chi connectivity index (χ0) is 10.7. The van der Waals surface area contributed by atoms with Crippen LogP contribution in [0.2, 0.25) is 0 Å². The van der Waals surface area contributed by atoms with Crippen LogP contribution in [0, 0.1) is 6.92 Å². The molecule has 0 saturated carbocycles. The van der Waals surface area contributed by atoms with E-state index < -0.39 is 0 Å². The number of amides is 1. The normalized spacial score (nSPS) is 10.0. The molecule has 1 aromatic carbocycles. The average Bonchev–Trinajstić information content (AvgIpc) is 2.19. The highest BCUT2D eigenvalue weighted by atomic mass is 79.9. The summed E-state index contributed by atoms with van der Waals surface area (Å²) in [5.74, 6) is -0.101. The molecule has 0 aliphatic rings. The molecule has 0 bridgehead atoms. The number of rotatable bonds is 2. The zero-order valence-corrected chi connectivity index (χ0v) is 10.4. The second-order valence-corrected chi connectivity index (χ2v) is 4.20. The molecule has 0 fully saturated rings. The van der Waals surface area contributed by atoms with Gasteiger partial charge in [-0.2, -0.15) is 0 Å². The molecule has 4 heteroatoms. The minimum atomic E-state index is -0.104. The van der Waals surface area contributed by atoms with Crippen LogP contribution in [0.15, 0.2) is 22.7 Å². The summed E-state index contributed by atoms with van der Waals surface area (Å²) in [7, 11) is 1.72. The summed E-state index contributed by atoms with van der Waals surface area (Å²) in [5.41, 5.74) is 1.93. The quantitative estimate of drug-likeness (QED) is 0.761. The Bertz CT molecular complexity index is 354. The van der Waals surface area contributed by atoms with E-state index in [1.165, 1.54) is 0 Å². The number of carbonyl (C=O) groups is 1. The van der Waals surface area contributed by atoms with Crippen LogP contribution in [0.3, 0.4) is 0 Å². The molecule has 0 spiro atoms. The maximum absolute atomic E-state index is 11.4. The molecule has 2 nitrogen and oxygen atoms in total. The van der Waals surface area contributed by atoms with E-state index in [-0.39, 0.29) is 11.8 Å². The van der Waals surface area contributed by atoms with Crippen LogP contribution < -0.4 is 4.90 Å². The maximum Gasteiger partial charge on any atom is 0.241 e. The summed E-state index contributed by atoms with van der Waals surface area (Å²) in [6, 6.07) is 5.80. The first-order valence-corrected chi connectivity index (χ1v) is 5.47. The Morgan fingerprint density at radius 2 is 2.21 bits per heavy atom. The Balaban J connectivity index is 3.05. The molecule has 14 heavy (non-hydrogen) atoms. The van der Waals surface area contributed by atoms with E-state index in [1.54, 1.807) is 11.9 Å². The second kappa shape index (κ2) is 4.80. The molecule has 0 aliphatic carbocycles. The number of alkyl halides is 1. The van der Waals surface area contributed by atoms with E-state index >= 15 is 0 Å². The number of halogens is 2. The largest absolute Gasteiger partial charge is 0.314 e. The number of hydrogen-bond donors (Lipinski definition) is 0. The van der Waals surface area contributed by atoms with E-state index in [1.807, 2.05) is 25.1 Å². The Morgan fingerprint density at radius 3 is 2.79 bits per heavy atom. The molecule has 0 heterocycles. The van der Waals surface area contributed by atoms with Crippen molar-refractivity contribution in [1.82, 2.24) is 0 Å². The van der Waals surface area contributed by atoms with Crippen molar-refractivity contribution in [2.24, 2.45) is 0 Å². The van der Waals surface area contributed by atoms with Gasteiger partial charge in [0.1, 0.15) is 5.88 Å². The van der Waals surface area contributed by atoms with Gasteiger partial charge in [0.2, 0.25) is 5.91 Å². The monoisotopic (exact) mass is 275 g/mol. The number of benzene rings is 1. The Morgan fingerprint density at radius 1 is 1.57 bits per heavy atom. The van der Waals surface area contributed by atoms with E-state index in [9.17, 15) is 4.79 Å². The molecule has 0 radical (unpaired) electrons. The lowest BCUT2D eigenvalue weighted by Gasteiger charge is -2.18. The van der Waals surface area contributed by atoms with Crippen LogP contribution in [0.1, 0.15) is 5.56 Å². The van der Waals surface area contributed by atoms with Crippen molar-refractivity contribution < 1.29 is 4.79 Å². The molecule has 0 atom stereocenters. The zero-order valence-electron chi connectivity index (χ0n) is 8.05. The van der Waals surface area contributed by atoms with Gasteiger partial charge in [-0.25, -0.2) is 0 Å². The summed E-state index contributed by atoms with van der Waals surface area (Å²) in [5, 5.41) is 0. The SMILES string of the molecule is Cc1ccc(Br)cc1N(C)C(=O)CCl. The van der Waals surface area contributed by atoms with Gasteiger partial charge < -0.3 is 4.90 Å². The van der Waals surface area contributed by atoms with Crippen molar-refractivity contribution in [3.8, 4) is 0 Å². The summed E-state index contributed by atoms with van der Waals surface area (Å²) >= 11 is 8.85. The predicted molar refractivity (Wildman–Crippen MR) is 63.0 cm³/mol. The highest BCUT2D eigenvalue weighted by Crippen LogP contribution is 2.23. The van der Waals surface area contributed by atoms with Gasteiger partial charge in [-0.05, 0) is 24.6 Å². The van der Waals surface area contributed by atoms with Gasteiger partial charge >= 0.3 is 0 Å². The van der Waals surface area contributed by atoms with Gasteiger partial charge in [0.05, 0.1) is 0 Å². The molecule has 0 N–H and O–H groups in total. The molecule has 1 aromatic rings. The fraction of sp³-hybridized carbons (Fsp3) is 0.300. The fourth-order valence-electron chi connectivity index (χ4n) is 1.17. The van der Waals surface area contributed by atoms with Crippen molar-refractivity contribution in [1.29, 1.82) is 0 Å². The van der Waals surface area contributed by atoms with Crippen molar-refractivity contribution in [3.63, 3.8) is 0 Å². The van der Waals surface area contributed by atoms with E-state index in [2.05, 4.69) is 15.9 Å². The third-order valence-corrected chi connectivity index (χ3v) is 2.74. The number of carbonyl (C=O) groups excluding carboxylic acids is 1. The third kappa shape index (κ3) is 2.49. The lowest BCUT2D eigenvalue weighted by molar-refractivity contribution is -0.116. The minimum absolute atomic E-state index is 0.00243. The summed E-state index contributed by atoms with van der Waals surface area (Å²) < 4.78 is 0.951. The van der Waals surface area contributed by atoms with Crippen LogP contribution >= 0.6 is 27.5 Å². The average molecular weight is 277 g/mol. The van der Waals surface area contributed by atoms with Gasteiger partial charge in [-0.15, -0.1) is 11.6 Å². The number of aryl methyl sites for hydroxylation is 1. The van der Waals surface area contributed by atoms with Gasteiger partial charge in [0.15, 0.2) is 0 Å². The molecule has 76 valence electrons. The van der Waals surface area contributed by atoms with E-state index in [0.29, 0.717) is 0 Å². The molecular formula is C10H11BrClNO. The van der Waals surface area contributed by atoms with Gasteiger partial charge in [-0.3, -0.25) is 4.79 Å². The highest BCUT2D eigenvalue weighted by Gasteiger charge is 2.11. The Labute approximate surface area is 97.0 Å². The lowest BCUT2D eigenvalue weighted by atomic mass is 10.2. The smallest absolute Gasteiger partial charge is 0.241 e. The number of nitrogens with zero attached hydrogens (tertiary/aromatic N) is 1. The van der Waals surface area contributed by atoms with E-state index in [4.69, 9.17) is 11.6 Å². The molecule has 1 amide bonds. The first-order chi connectivity index (χ1) is 6.56. The molecule has 1 rings (SSSR count). The van der Waals surface area contributed by atoms with Crippen molar-refractivity contribution in [2.45, 2.75) is 6.92 Å². The highest BCUT2D eigenvalue weighted by molar-refractivity contribution is 9.10. The van der Waals surface area contributed by atoms with Gasteiger partial charge in [0, 0.05) is 17.2 Å². The predicted octanol–water partition coefficient (Wildman–Crippen LogP) is 2.96. The second-order valence-electron chi connectivity index (χ2n) is 3.02. The maximum atomic E-state index is 11.4. The summed E-state index contributed by atoms with van der Waals surface area (Å²) in [4.78, 5) is 12.9. The van der Waals surface area contributed by atoms with Crippen LogP contribution in [0.4, 0.5) is 5.69 Å². The lowest BCUT2D eigenvalue weighted by Crippen LogP contribution is -2.27. The van der Waals surface area contributed by atoms with Crippen molar-refractivity contribution >= 4 is 39.1 Å². The number of anilines is 1. The van der Waals surface area contributed by atoms with Crippen molar-refractivity contribution in [2.75, 3.05) is 17.8 Å². The van der Waals surface area contributed by atoms with Crippen molar-refractivity contribution in [3.05, 3.63) is 28.2 Å². The number of hydrogen-bond acceptors (Lipinski definition) is 1. The van der Waals surface area contributed by atoms with Gasteiger partial charge in [-0.1, -0.05) is 22.0 Å². The van der Waals surface area contributed by atoms with Crippen LogP contribution in [-0.2, 0) is 4.79 Å². The minimum Gasteiger partial charge on any atom is -0.314 e. The molecule has 0 unspecified atom stereocenters. The third-order valence-electron chi connectivity index (χ3n) is 2.02. The standard InChI is InChI=1S/C10H11BrClNO/c1-7-3-4-8(11)5-9(7)13(2)10(14)6-12/h3-5H,6H2,1-2H3. The van der Waals surface area contributed by atoms with Crippen LogP contribution in [0.25, 0.3) is 0 Å². The molecule has 0 aliphatic heterocycles. The first kappa shape index (κ1) is 11.5. The summed E-state index contributed by atoms with van der Waals surface area (Å²) in [6.07, 6.45) is 0.